The SMILES string of the molecule is Cc1cc(C)c(S(=O)(=O)N2CCN(C(=O)N(c3ccccc3)c3ccccc3)CC2)c(C)c1. The molecule has 0 aromatic heterocycles. The second-order valence-corrected chi connectivity index (χ2v) is 10.3. The summed E-state index contributed by atoms with van der Waals surface area (Å²) in [5, 5.41) is 0. The van der Waals surface area contributed by atoms with Crippen LogP contribution in [0, 0.1) is 20.8 Å². The molecule has 0 unspecified atom stereocenters. The molecule has 0 bridgehead atoms. The lowest BCUT2D eigenvalue weighted by Gasteiger charge is -2.37. The van der Waals surface area contributed by atoms with Gasteiger partial charge in [-0.2, -0.15) is 4.31 Å². The number of sulfonamides is 1. The van der Waals surface area contributed by atoms with Gasteiger partial charge in [0.15, 0.2) is 0 Å². The first-order chi connectivity index (χ1) is 15.8. The molecule has 0 saturated carbocycles. The van der Waals surface area contributed by atoms with Crippen molar-refractivity contribution in [3.8, 4) is 0 Å². The molecule has 1 saturated heterocycles. The van der Waals surface area contributed by atoms with Crippen LogP contribution in [0.3, 0.4) is 0 Å². The van der Waals surface area contributed by atoms with E-state index in [1.165, 1.54) is 4.31 Å². The van der Waals surface area contributed by atoms with Gasteiger partial charge in [0.05, 0.1) is 16.3 Å². The number of hydrogen-bond acceptors (Lipinski definition) is 3. The fourth-order valence-corrected chi connectivity index (χ4v) is 6.32. The summed E-state index contributed by atoms with van der Waals surface area (Å²) in [5.74, 6) is 0. The van der Waals surface area contributed by atoms with E-state index in [-0.39, 0.29) is 19.1 Å². The maximum absolute atomic E-state index is 13.6. The van der Waals surface area contributed by atoms with Gasteiger partial charge in [-0.15, -0.1) is 0 Å². The summed E-state index contributed by atoms with van der Waals surface area (Å²) in [4.78, 5) is 17.3. The highest BCUT2D eigenvalue weighted by atomic mass is 32.2. The Balaban J connectivity index is 1.55. The van der Waals surface area contributed by atoms with Crippen molar-refractivity contribution in [2.24, 2.45) is 0 Å². The molecular formula is C26H29N3O3S. The predicted molar refractivity (Wildman–Crippen MR) is 131 cm³/mol. The molecule has 0 N–H and O–H groups in total. The second-order valence-electron chi connectivity index (χ2n) is 8.41. The van der Waals surface area contributed by atoms with Gasteiger partial charge in [-0.3, -0.25) is 4.90 Å². The quantitative estimate of drug-likeness (QED) is 0.554. The molecule has 7 heteroatoms. The average Bonchev–Trinajstić information content (AvgIpc) is 2.80. The van der Waals surface area contributed by atoms with Crippen molar-refractivity contribution in [1.29, 1.82) is 0 Å². The number of carbonyl (C=O) groups is 1. The van der Waals surface area contributed by atoms with Gasteiger partial charge in [0.25, 0.3) is 0 Å². The minimum atomic E-state index is -3.63. The largest absolute Gasteiger partial charge is 0.329 e. The van der Waals surface area contributed by atoms with Gasteiger partial charge in [-0.1, -0.05) is 54.1 Å². The molecule has 1 heterocycles. The van der Waals surface area contributed by atoms with Crippen LogP contribution in [0.4, 0.5) is 16.2 Å². The normalized spacial score (nSPS) is 14.8. The monoisotopic (exact) mass is 463 g/mol. The fourth-order valence-electron chi connectivity index (χ4n) is 4.49. The fraction of sp³-hybridized carbons (Fsp3) is 0.269. The number of piperazine rings is 1. The number of para-hydroxylation sites is 2. The van der Waals surface area contributed by atoms with Crippen LogP contribution in [0.25, 0.3) is 0 Å². The molecule has 1 aliphatic rings. The first-order valence-electron chi connectivity index (χ1n) is 11.1. The van der Waals surface area contributed by atoms with Crippen molar-refractivity contribution in [2.75, 3.05) is 31.1 Å². The molecule has 3 aromatic rings. The van der Waals surface area contributed by atoms with E-state index in [9.17, 15) is 13.2 Å². The molecule has 0 atom stereocenters. The summed E-state index contributed by atoms with van der Waals surface area (Å²) in [5.41, 5.74) is 4.10. The summed E-state index contributed by atoms with van der Waals surface area (Å²) in [6.07, 6.45) is 0. The Hall–Kier alpha value is -3.16. The van der Waals surface area contributed by atoms with Crippen molar-refractivity contribution in [1.82, 2.24) is 9.21 Å². The zero-order chi connectivity index (χ0) is 23.6. The Kier molecular flexibility index (Phi) is 6.54. The van der Waals surface area contributed by atoms with E-state index >= 15 is 0 Å². The van der Waals surface area contributed by atoms with Crippen molar-refractivity contribution >= 4 is 27.4 Å². The molecule has 6 nitrogen and oxygen atoms in total. The molecule has 0 aliphatic carbocycles. The van der Waals surface area contributed by atoms with E-state index in [4.69, 9.17) is 0 Å². The standard InChI is InChI=1S/C26H29N3O3S/c1-20-18-21(2)25(22(3)19-20)33(31,32)28-16-14-27(15-17-28)26(30)29(23-10-6-4-7-11-23)24-12-8-5-9-13-24/h4-13,18-19H,14-17H2,1-3H3. The smallest absolute Gasteiger partial charge is 0.321 e. The summed E-state index contributed by atoms with van der Waals surface area (Å²) in [7, 11) is -3.63. The van der Waals surface area contributed by atoms with Crippen LogP contribution < -0.4 is 4.90 Å². The van der Waals surface area contributed by atoms with E-state index in [2.05, 4.69) is 0 Å². The first kappa shape index (κ1) is 23.0. The van der Waals surface area contributed by atoms with Gasteiger partial charge >= 0.3 is 6.03 Å². The third-order valence-corrected chi connectivity index (χ3v) is 8.14. The van der Waals surface area contributed by atoms with E-state index < -0.39 is 10.0 Å². The van der Waals surface area contributed by atoms with Crippen molar-refractivity contribution in [2.45, 2.75) is 25.7 Å². The van der Waals surface area contributed by atoms with Crippen LogP contribution in [-0.4, -0.2) is 49.8 Å². The van der Waals surface area contributed by atoms with Crippen LogP contribution in [0.15, 0.2) is 77.7 Å². The molecule has 2 amide bonds. The average molecular weight is 464 g/mol. The Morgan fingerprint density at radius 1 is 0.758 bits per heavy atom. The van der Waals surface area contributed by atoms with E-state index in [0.29, 0.717) is 18.0 Å². The zero-order valence-electron chi connectivity index (χ0n) is 19.2. The minimum absolute atomic E-state index is 0.160. The van der Waals surface area contributed by atoms with Crippen LogP contribution in [0.1, 0.15) is 16.7 Å². The maximum Gasteiger partial charge on any atom is 0.329 e. The van der Waals surface area contributed by atoms with Gasteiger partial charge in [-0.05, 0) is 56.2 Å². The van der Waals surface area contributed by atoms with Crippen LogP contribution in [0.2, 0.25) is 0 Å². The van der Waals surface area contributed by atoms with Crippen molar-refractivity contribution < 1.29 is 13.2 Å². The number of aryl methyl sites for hydroxylation is 3. The molecule has 1 aliphatic heterocycles. The third-order valence-electron chi connectivity index (χ3n) is 5.93. The van der Waals surface area contributed by atoms with Gasteiger partial charge in [0.2, 0.25) is 10.0 Å². The van der Waals surface area contributed by atoms with E-state index in [0.717, 1.165) is 28.1 Å². The summed E-state index contributed by atoms with van der Waals surface area (Å²) in [6, 6.07) is 22.6. The van der Waals surface area contributed by atoms with Gasteiger partial charge in [0.1, 0.15) is 0 Å². The lowest BCUT2D eigenvalue weighted by molar-refractivity contribution is 0.180. The van der Waals surface area contributed by atoms with Gasteiger partial charge < -0.3 is 4.90 Å². The molecule has 0 radical (unpaired) electrons. The topological polar surface area (TPSA) is 60.9 Å². The number of hydrogen-bond donors (Lipinski definition) is 0. The molecule has 172 valence electrons. The number of rotatable bonds is 4. The summed E-state index contributed by atoms with van der Waals surface area (Å²) in [6.45, 7) is 6.83. The Morgan fingerprint density at radius 3 is 1.67 bits per heavy atom. The molecular weight excluding hydrogens is 434 g/mol. The van der Waals surface area contributed by atoms with E-state index in [1.807, 2.05) is 93.6 Å². The number of carbonyl (C=O) groups excluding carboxylic acids is 1. The number of benzene rings is 3. The highest BCUT2D eigenvalue weighted by Gasteiger charge is 2.34. The van der Waals surface area contributed by atoms with E-state index in [1.54, 1.807) is 9.80 Å². The maximum atomic E-state index is 13.6. The number of nitrogens with zero attached hydrogens (tertiary/aromatic N) is 3. The minimum Gasteiger partial charge on any atom is -0.321 e. The molecule has 3 aromatic carbocycles. The highest BCUT2D eigenvalue weighted by Crippen LogP contribution is 2.29. The lowest BCUT2D eigenvalue weighted by atomic mass is 10.1. The van der Waals surface area contributed by atoms with Crippen LogP contribution >= 0.6 is 0 Å². The third kappa shape index (κ3) is 4.65. The highest BCUT2D eigenvalue weighted by molar-refractivity contribution is 7.89. The predicted octanol–water partition coefficient (Wildman–Crippen LogP) is 4.88. The molecule has 33 heavy (non-hydrogen) atoms. The molecule has 1 fully saturated rings. The summed E-state index contributed by atoms with van der Waals surface area (Å²) >= 11 is 0. The van der Waals surface area contributed by atoms with Gasteiger partial charge in [-0.25, -0.2) is 13.2 Å². The second kappa shape index (κ2) is 9.37. The lowest BCUT2D eigenvalue weighted by Crippen LogP contribution is -2.53. The molecule has 4 rings (SSSR count). The van der Waals surface area contributed by atoms with Crippen molar-refractivity contribution in [3.05, 3.63) is 89.5 Å². The Bertz CT molecular complexity index is 1170. The number of amides is 2. The number of anilines is 2. The Labute approximate surface area is 196 Å². The van der Waals surface area contributed by atoms with Crippen molar-refractivity contribution in [3.63, 3.8) is 0 Å². The van der Waals surface area contributed by atoms with Gasteiger partial charge in [0, 0.05) is 26.2 Å². The summed E-state index contributed by atoms with van der Waals surface area (Å²) < 4.78 is 28.3. The first-order valence-corrected chi connectivity index (χ1v) is 12.5. The van der Waals surface area contributed by atoms with Crippen LogP contribution in [-0.2, 0) is 10.0 Å². The molecule has 0 spiro atoms. The van der Waals surface area contributed by atoms with Crippen LogP contribution in [0.5, 0.6) is 0 Å². The Morgan fingerprint density at radius 2 is 1.21 bits per heavy atom. The zero-order valence-corrected chi connectivity index (χ0v) is 20.0. The number of urea groups is 1.